The van der Waals surface area contributed by atoms with Crippen LogP contribution in [0.1, 0.15) is 11.1 Å². The van der Waals surface area contributed by atoms with Gasteiger partial charge in [-0.15, -0.1) is 0 Å². The van der Waals surface area contributed by atoms with Gasteiger partial charge in [-0.05, 0) is 60.7 Å². The van der Waals surface area contributed by atoms with Gasteiger partial charge in [0.2, 0.25) is 0 Å². The summed E-state index contributed by atoms with van der Waals surface area (Å²) >= 11 is 8.67. The minimum Gasteiger partial charge on any atom is -0.354 e. The largest absolute Gasteiger partial charge is 0.354 e. The average Bonchev–Trinajstić information content (AvgIpc) is 2.85. The number of nitrogens with zero attached hydrogens (tertiary/aromatic N) is 4. The predicted molar refractivity (Wildman–Crippen MR) is 133 cm³/mol. The zero-order valence-corrected chi connectivity index (χ0v) is 18.5. The van der Waals surface area contributed by atoms with Gasteiger partial charge in [-0.3, -0.25) is 9.97 Å². The van der Waals surface area contributed by atoms with E-state index in [1.54, 1.807) is 12.4 Å². The molecule has 4 nitrogen and oxygen atoms in total. The highest BCUT2D eigenvalue weighted by molar-refractivity contribution is 7.81. The Morgan fingerprint density at radius 3 is 1.68 bits per heavy atom. The van der Waals surface area contributed by atoms with E-state index in [0.717, 1.165) is 39.6 Å². The molecule has 0 atom stereocenters. The molecule has 152 valence electrons. The Morgan fingerprint density at radius 1 is 0.645 bits per heavy atom. The SMILES string of the molecule is SCN(CS)c1ccc(C#Cc2cc(-c3ccccn3)nc(-c3ccccn3)c2)cc1. The van der Waals surface area contributed by atoms with Crippen molar-refractivity contribution in [2.24, 2.45) is 0 Å². The van der Waals surface area contributed by atoms with Gasteiger partial charge in [-0.2, -0.15) is 25.3 Å². The van der Waals surface area contributed by atoms with Gasteiger partial charge in [0, 0.05) is 29.2 Å². The summed E-state index contributed by atoms with van der Waals surface area (Å²) in [6.45, 7) is 0. The summed E-state index contributed by atoms with van der Waals surface area (Å²) in [6, 6.07) is 23.5. The normalized spacial score (nSPS) is 10.3. The number of pyridine rings is 3. The first-order chi connectivity index (χ1) is 15.3. The molecular formula is C25H20N4S2. The van der Waals surface area contributed by atoms with E-state index < -0.39 is 0 Å². The van der Waals surface area contributed by atoms with Gasteiger partial charge in [-0.1, -0.05) is 24.0 Å². The van der Waals surface area contributed by atoms with Crippen molar-refractivity contribution in [3.63, 3.8) is 0 Å². The number of aromatic nitrogens is 3. The monoisotopic (exact) mass is 440 g/mol. The molecule has 0 aliphatic carbocycles. The van der Waals surface area contributed by atoms with Crippen LogP contribution in [0.25, 0.3) is 22.8 Å². The predicted octanol–water partition coefficient (Wildman–Crippen LogP) is 5.19. The Hall–Kier alpha value is -3.27. The maximum Gasteiger partial charge on any atom is 0.0906 e. The highest BCUT2D eigenvalue weighted by atomic mass is 32.1. The number of hydrogen-bond acceptors (Lipinski definition) is 6. The average molecular weight is 441 g/mol. The van der Waals surface area contributed by atoms with E-state index in [2.05, 4.69) is 47.1 Å². The quantitative estimate of drug-likeness (QED) is 0.255. The summed E-state index contributed by atoms with van der Waals surface area (Å²) in [5.74, 6) is 7.73. The number of thiol groups is 2. The van der Waals surface area contributed by atoms with Crippen molar-refractivity contribution in [2.45, 2.75) is 0 Å². The summed E-state index contributed by atoms with van der Waals surface area (Å²) in [6.07, 6.45) is 3.52. The van der Waals surface area contributed by atoms with Crippen LogP contribution in [-0.4, -0.2) is 26.7 Å². The lowest BCUT2D eigenvalue weighted by atomic mass is 10.1. The van der Waals surface area contributed by atoms with Gasteiger partial charge < -0.3 is 4.90 Å². The third kappa shape index (κ3) is 5.26. The smallest absolute Gasteiger partial charge is 0.0906 e. The topological polar surface area (TPSA) is 41.9 Å². The van der Waals surface area contributed by atoms with Crippen molar-refractivity contribution in [3.8, 4) is 34.6 Å². The minimum atomic E-state index is 0.609. The van der Waals surface area contributed by atoms with Crippen LogP contribution in [0.2, 0.25) is 0 Å². The van der Waals surface area contributed by atoms with E-state index in [9.17, 15) is 0 Å². The van der Waals surface area contributed by atoms with E-state index in [-0.39, 0.29) is 0 Å². The van der Waals surface area contributed by atoms with Crippen molar-refractivity contribution in [2.75, 3.05) is 16.7 Å². The lowest BCUT2D eigenvalue weighted by Crippen LogP contribution is -2.18. The van der Waals surface area contributed by atoms with Crippen molar-refractivity contribution >= 4 is 30.9 Å². The molecule has 1 aromatic carbocycles. The Kier molecular flexibility index (Phi) is 6.88. The molecule has 6 heteroatoms. The molecular weight excluding hydrogens is 420 g/mol. The molecule has 0 spiro atoms. The Balaban J connectivity index is 1.70. The van der Waals surface area contributed by atoms with Crippen LogP contribution in [0.5, 0.6) is 0 Å². The van der Waals surface area contributed by atoms with Crippen molar-refractivity contribution in [1.29, 1.82) is 0 Å². The standard InChI is InChI=1S/C25H20N4S2/c30-17-29(18-31)21-11-9-19(10-12-21)7-8-20-15-24(22-5-1-3-13-26-22)28-25(16-20)23-6-2-4-14-27-23/h1-6,9-16,30-31H,17-18H2. The molecule has 0 saturated carbocycles. The number of rotatable bonds is 5. The molecule has 0 bridgehead atoms. The van der Waals surface area contributed by atoms with E-state index >= 15 is 0 Å². The summed E-state index contributed by atoms with van der Waals surface area (Å²) < 4.78 is 0. The second-order valence-electron chi connectivity index (χ2n) is 6.68. The number of hydrogen-bond donors (Lipinski definition) is 2. The molecule has 3 heterocycles. The van der Waals surface area contributed by atoms with Crippen molar-refractivity contribution in [3.05, 3.63) is 96.3 Å². The van der Waals surface area contributed by atoms with Gasteiger partial charge in [-0.25, -0.2) is 4.98 Å². The van der Waals surface area contributed by atoms with Gasteiger partial charge in [0.05, 0.1) is 34.5 Å². The summed E-state index contributed by atoms with van der Waals surface area (Å²) in [5.41, 5.74) is 5.97. The van der Waals surface area contributed by atoms with Crippen LogP contribution in [0.4, 0.5) is 5.69 Å². The number of anilines is 1. The van der Waals surface area contributed by atoms with Crippen LogP contribution in [0, 0.1) is 11.8 Å². The van der Waals surface area contributed by atoms with Gasteiger partial charge >= 0.3 is 0 Å². The second-order valence-corrected chi connectivity index (χ2v) is 7.24. The van der Waals surface area contributed by atoms with Crippen molar-refractivity contribution in [1.82, 2.24) is 15.0 Å². The zero-order valence-electron chi connectivity index (χ0n) is 16.7. The molecule has 0 aliphatic heterocycles. The Labute approximate surface area is 193 Å². The highest BCUT2D eigenvalue weighted by Gasteiger charge is 2.08. The fourth-order valence-corrected chi connectivity index (χ4v) is 3.69. The first-order valence-corrected chi connectivity index (χ1v) is 11.0. The third-order valence-electron chi connectivity index (χ3n) is 4.61. The van der Waals surface area contributed by atoms with Crippen LogP contribution in [-0.2, 0) is 0 Å². The molecule has 0 N–H and O–H groups in total. The summed E-state index contributed by atoms with van der Waals surface area (Å²) in [5, 5.41) is 0. The molecule has 0 radical (unpaired) electrons. The third-order valence-corrected chi connectivity index (χ3v) is 5.29. The fourth-order valence-electron chi connectivity index (χ4n) is 3.00. The second kappa shape index (κ2) is 10.2. The molecule has 0 unspecified atom stereocenters. The Morgan fingerprint density at radius 2 is 1.19 bits per heavy atom. The fraction of sp³-hybridized carbons (Fsp3) is 0.0800. The van der Waals surface area contributed by atoms with Gasteiger partial charge in [0.15, 0.2) is 0 Å². The van der Waals surface area contributed by atoms with E-state index in [0.29, 0.717) is 11.8 Å². The Bertz CT molecular complexity index is 1140. The molecule has 4 rings (SSSR count). The maximum atomic E-state index is 4.77. The van der Waals surface area contributed by atoms with Crippen LogP contribution in [0.15, 0.2) is 85.2 Å². The lowest BCUT2D eigenvalue weighted by Gasteiger charge is -2.19. The van der Waals surface area contributed by atoms with E-state index in [4.69, 9.17) is 4.98 Å². The summed E-state index contributed by atoms with van der Waals surface area (Å²) in [7, 11) is 0. The highest BCUT2D eigenvalue weighted by Crippen LogP contribution is 2.22. The molecule has 31 heavy (non-hydrogen) atoms. The molecule has 0 fully saturated rings. The minimum absolute atomic E-state index is 0.609. The molecule has 0 aliphatic rings. The summed E-state index contributed by atoms with van der Waals surface area (Å²) in [4.78, 5) is 15.7. The van der Waals surface area contributed by atoms with Gasteiger partial charge in [0.1, 0.15) is 0 Å². The maximum absolute atomic E-state index is 4.77. The molecule has 0 amide bonds. The molecule has 4 aromatic rings. The van der Waals surface area contributed by atoms with E-state index in [1.165, 1.54) is 0 Å². The van der Waals surface area contributed by atoms with E-state index in [1.807, 2.05) is 77.7 Å². The van der Waals surface area contributed by atoms with Gasteiger partial charge in [0.25, 0.3) is 0 Å². The van der Waals surface area contributed by atoms with Crippen LogP contribution in [0.3, 0.4) is 0 Å². The van der Waals surface area contributed by atoms with Crippen LogP contribution < -0.4 is 4.90 Å². The van der Waals surface area contributed by atoms with Crippen LogP contribution >= 0.6 is 25.3 Å². The van der Waals surface area contributed by atoms with Crippen molar-refractivity contribution < 1.29 is 0 Å². The first-order valence-electron chi connectivity index (χ1n) is 9.70. The molecule has 0 saturated heterocycles. The number of benzene rings is 1. The molecule has 3 aromatic heterocycles. The lowest BCUT2D eigenvalue weighted by molar-refractivity contribution is 1.07. The zero-order chi connectivity index (χ0) is 21.5. The first kappa shape index (κ1) is 21.0.